The lowest BCUT2D eigenvalue weighted by molar-refractivity contribution is 0.102. The molecule has 114 valence electrons. The van der Waals surface area contributed by atoms with E-state index in [9.17, 15) is 4.79 Å². The van der Waals surface area contributed by atoms with Gasteiger partial charge in [-0.2, -0.15) is 0 Å². The minimum atomic E-state index is -0.235. The maximum Gasteiger partial charge on any atom is 0.258 e. The van der Waals surface area contributed by atoms with E-state index < -0.39 is 0 Å². The number of amides is 1. The second-order valence-corrected chi connectivity index (χ2v) is 5.15. The first-order chi connectivity index (χ1) is 10.8. The highest BCUT2D eigenvalue weighted by Crippen LogP contribution is 2.18. The van der Waals surface area contributed by atoms with Crippen LogP contribution < -0.4 is 15.0 Å². The van der Waals surface area contributed by atoms with Gasteiger partial charge in [0.1, 0.15) is 5.75 Å². The largest absolute Gasteiger partial charge is 0.497 e. The average Bonchev–Trinajstić information content (AvgIpc) is 3.09. The molecule has 0 unspecified atom stereocenters. The van der Waals surface area contributed by atoms with E-state index in [2.05, 4.69) is 20.2 Å². The molecule has 2 heterocycles. The van der Waals surface area contributed by atoms with Crippen molar-refractivity contribution < 1.29 is 9.53 Å². The van der Waals surface area contributed by atoms with E-state index >= 15 is 0 Å². The van der Waals surface area contributed by atoms with Crippen molar-refractivity contribution in [2.24, 2.45) is 0 Å². The second-order valence-electron chi connectivity index (χ2n) is 5.15. The standard InChI is InChI=1S/C16H18N4O2/c1-22-14-6-4-5-13(9-14)19-15(21)12-10-17-16(18-11-12)20-7-2-3-8-20/h4-6,9-11H,2-3,7-8H2,1H3,(H,19,21). The SMILES string of the molecule is COc1cccc(NC(=O)c2cnc(N3CCCC3)nc2)c1. The van der Waals surface area contributed by atoms with Crippen LogP contribution in [-0.2, 0) is 0 Å². The van der Waals surface area contributed by atoms with Crippen LogP contribution in [-0.4, -0.2) is 36.1 Å². The summed E-state index contributed by atoms with van der Waals surface area (Å²) < 4.78 is 5.13. The van der Waals surface area contributed by atoms with Gasteiger partial charge in [-0.1, -0.05) is 6.07 Å². The van der Waals surface area contributed by atoms with Crippen LogP contribution >= 0.6 is 0 Å². The lowest BCUT2D eigenvalue weighted by Gasteiger charge is -2.14. The molecule has 2 aromatic rings. The first-order valence-corrected chi connectivity index (χ1v) is 7.28. The maximum atomic E-state index is 12.2. The molecular weight excluding hydrogens is 280 g/mol. The Bertz CT molecular complexity index is 651. The van der Waals surface area contributed by atoms with E-state index in [4.69, 9.17) is 4.74 Å². The Morgan fingerprint density at radius 3 is 2.64 bits per heavy atom. The van der Waals surface area contributed by atoms with Crippen LogP contribution in [0.25, 0.3) is 0 Å². The van der Waals surface area contributed by atoms with Crippen molar-refractivity contribution in [1.29, 1.82) is 0 Å². The second kappa shape index (κ2) is 6.43. The quantitative estimate of drug-likeness (QED) is 0.938. The summed E-state index contributed by atoms with van der Waals surface area (Å²) in [5.41, 5.74) is 1.11. The van der Waals surface area contributed by atoms with Crippen LogP contribution in [0.2, 0.25) is 0 Å². The molecule has 1 aromatic carbocycles. The van der Waals surface area contributed by atoms with E-state index in [1.165, 1.54) is 12.8 Å². The molecule has 1 aliphatic rings. The molecule has 0 radical (unpaired) electrons. The Hall–Kier alpha value is -2.63. The predicted molar refractivity (Wildman–Crippen MR) is 84.4 cm³/mol. The molecule has 0 atom stereocenters. The maximum absolute atomic E-state index is 12.2. The van der Waals surface area contributed by atoms with Crippen molar-refractivity contribution in [3.8, 4) is 5.75 Å². The number of methoxy groups -OCH3 is 1. The Kier molecular flexibility index (Phi) is 4.18. The van der Waals surface area contributed by atoms with Crippen LogP contribution in [0.3, 0.4) is 0 Å². The predicted octanol–water partition coefficient (Wildman–Crippen LogP) is 2.34. The summed E-state index contributed by atoms with van der Waals surface area (Å²) in [5, 5.41) is 2.81. The number of ether oxygens (including phenoxy) is 1. The first-order valence-electron chi connectivity index (χ1n) is 7.28. The highest BCUT2D eigenvalue weighted by Gasteiger charge is 2.15. The third-order valence-corrected chi connectivity index (χ3v) is 3.62. The smallest absolute Gasteiger partial charge is 0.258 e. The molecule has 22 heavy (non-hydrogen) atoms. The number of aromatic nitrogens is 2. The summed E-state index contributed by atoms with van der Waals surface area (Å²) in [4.78, 5) is 22.9. The normalized spacial score (nSPS) is 14.0. The molecule has 6 heteroatoms. The molecule has 1 aliphatic heterocycles. The molecular formula is C16H18N4O2. The van der Waals surface area contributed by atoms with Gasteiger partial charge in [0.15, 0.2) is 0 Å². The van der Waals surface area contributed by atoms with Crippen molar-refractivity contribution in [2.45, 2.75) is 12.8 Å². The fourth-order valence-corrected chi connectivity index (χ4v) is 2.42. The van der Waals surface area contributed by atoms with Crippen molar-refractivity contribution in [3.05, 3.63) is 42.2 Å². The van der Waals surface area contributed by atoms with Gasteiger partial charge >= 0.3 is 0 Å². The van der Waals surface area contributed by atoms with E-state index in [1.54, 1.807) is 31.6 Å². The van der Waals surface area contributed by atoms with Gasteiger partial charge in [-0.15, -0.1) is 0 Å². The molecule has 0 aliphatic carbocycles. The Balaban J connectivity index is 1.69. The number of hydrogen-bond acceptors (Lipinski definition) is 5. The number of nitrogens with one attached hydrogen (secondary N) is 1. The van der Waals surface area contributed by atoms with Gasteiger partial charge in [0.25, 0.3) is 5.91 Å². The minimum Gasteiger partial charge on any atom is -0.497 e. The third-order valence-electron chi connectivity index (χ3n) is 3.62. The lowest BCUT2D eigenvalue weighted by Crippen LogP contribution is -2.21. The fourth-order valence-electron chi connectivity index (χ4n) is 2.42. The van der Waals surface area contributed by atoms with Crippen LogP contribution in [0.1, 0.15) is 23.2 Å². The van der Waals surface area contributed by atoms with Gasteiger partial charge in [0.2, 0.25) is 5.95 Å². The van der Waals surface area contributed by atoms with Crippen molar-refractivity contribution >= 4 is 17.5 Å². The zero-order valence-electron chi connectivity index (χ0n) is 12.5. The van der Waals surface area contributed by atoms with Crippen molar-refractivity contribution in [3.63, 3.8) is 0 Å². The van der Waals surface area contributed by atoms with Gasteiger partial charge in [-0.05, 0) is 25.0 Å². The number of nitrogens with zero attached hydrogens (tertiary/aromatic N) is 3. The van der Waals surface area contributed by atoms with Crippen LogP contribution in [0.4, 0.5) is 11.6 Å². The minimum absolute atomic E-state index is 0.235. The van der Waals surface area contributed by atoms with Gasteiger partial charge in [0.05, 0.1) is 12.7 Å². The summed E-state index contributed by atoms with van der Waals surface area (Å²) in [6.45, 7) is 1.96. The monoisotopic (exact) mass is 298 g/mol. The van der Waals surface area contributed by atoms with Crippen molar-refractivity contribution in [1.82, 2.24) is 9.97 Å². The number of benzene rings is 1. The molecule has 1 fully saturated rings. The van der Waals surface area contributed by atoms with E-state index in [1.807, 2.05) is 12.1 Å². The summed E-state index contributed by atoms with van der Waals surface area (Å²) >= 11 is 0. The number of carbonyl (C=O) groups excluding carboxylic acids is 1. The van der Waals surface area contributed by atoms with Crippen LogP contribution in [0.15, 0.2) is 36.7 Å². The van der Waals surface area contributed by atoms with E-state index in [0.717, 1.165) is 13.1 Å². The number of hydrogen-bond donors (Lipinski definition) is 1. The summed E-state index contributed by atoms with van der Waals surface area (Å²) in [6.07, 6.45) is 5.47. The molecule has 3 rings (SSSR count). The topological polar surface area (TPSA) is 67.3 Å². The summed E-state index contributed by atoms with van der Waals surface area (Å²) in [7, 11) is 1.59. The van der Waals surface area contributed by atoms with Crippen molar-refractivity contribution in [2.75, 3.05) is 30.4 Å². The first kappa shape index (κ1) is 14.3. The highest BCUT2D eigenvalue weighted by atomic mass is 16.5. The molecule has 1 aromatic heterocycles. The number of anilines is 2. The highest BCUT2D eigenvalue weighted by molar-refractivity contribution is 6.03. The average molecular weight is 298 g/mol. The van der Waals surface area contributed by atoms with E-state index in [-0.39, 0.29) is 5.91 Å². The van der Waals surface area contributed by atoms with Gasteiger partial charge in [0, 0.05) is 37.2 Å². The zero-order chi connectivity index (χ0) is 15.4. The number of carbonyl (C=O) groups is 1. The molecule has 0 bridgehead atoms. The van der Waals surface area contributed by atoms with Crippen LogP contribution in [0, 0.1) is 0 Å². The van der Waals surface area contributed by atoms with E-state index in [0.29, 0.717) is 22.9 Å². The van der Waals surface area contributed by atoms with Gasteiger partial charge in [-0.3, -0.25) is 4.79 Å². The fraction of sp³-hybridized carbons (Fsp3) is 0.312. The lowest BCUT2D eigenvalue weighted by atomic mass is 10.2. The Morgan fingerprint density at radius 1 is 1.23 bits per heavy atom. The molecule has 1 N–H and O–H groups in total. The van der Waals surface area contributed by atoms with Gasteiger partial charge in [-0.25, -0.2) is 9.97 Å². The third kappa shape index (κ3) is 3.16. The molecule has 0 saturated carbocycles. The van der Waals surface area contributed by atoms with Gasteiger partial charge < -0.3 is 15.0 Å². The number of rotatable bonds is 4. The Morgan fingerprint density at radius 2 is 1.95 bits per heavy atom. The molecule has 1 saturated heterocycles. The molecule has 1 amide bonds. The molecule has 6 nitrogen and oxygen atoms in total. The molecule has 0 spiro atoms. The summed E-state index contributed by atoms with van der Waals surface area (Å²) in [5.74, 6) is 1.15. The summed E-state index contributed by atoms with van der Waals surface area (Å²) in [6, 6.07) is 7.21. The Labute approximate surface area is 129 Å². The van der Waals surface area contributed by atoms with Crippen LogP contribution in [0.5, 0.6) is 5.75 Å². The zero-order valence-corrected chi connectivity index (χ0v) is 12.5.